The Balaban J connectivity index is 1.78. The lowest BCUT2D eigenvalue weighted by atomic mass is 10.0. The molecule has 1 saturated heterocycles. The summed E-state index contributed by atoms with van der Waals surface area (Å²) in [5, 5.41) is 17.9. The lowest BCUT2D eigenvalue weighted by Gasteiger charge is -2.41. The molecule has 0 N–H and O–H groups in total. The number of hydrogen-bond donors (Lipinski definition) is 0. The molecule has 3 heterocycles. The molecule has 0 bridgehead atoms. The maximum Gasteiger partial charge on any atom is 0.332 e. The van der Waals surface area contributed by atoms with Gasteiger partial charge in [0.2, 0.25) is 0 Å². The lowest BCUT2D eigenvalue weighted by molar-refractivity contribution is -0.119. The number of aromatic nitrogens is 1. The Morgan fingerprint density at radius 2 is 2.06 bits per heavy atom. The first-order valence-electron chi connectivity index (χ1n) is 10.1. The van der Waals surface area contributed by atoms with Gasteiger partial charge in [-0.05, 0) is 30.7 Å². The number of ether oxygens (including phenoxy) is 1. The van der Waals surface area contributed by atoms with Gasteiger partial charge in [-0.1, -0.05) is 11.6 Å². The maximum absolute atomic E-state index is 14.1. The van der Waals surface area contributed by atoms with E-state index in [4.69, 9.17) is 21.6 Å². The highest BCUT2D eigenvalue weighted by Crippen LogP contribution is 2.47. The van der Waals surface area contributed by atoms with Crippen molar-refractivity contribution >= 4 is 45.9 Å². The number of amides is 3. The van der Waals surface area contributed by atoms with Gasteiger partial charge in [-0.2, -0.15) is 10.5 Å². The number of imide groups is 1. The fourth-order valence-corrected chi connectivity index (χ4v) is 5.60. The monoisotopic (exact) mass is 497 g/mol. The predicted octanol–water partition coefficient (Wildman–Crippen LogP) is 4.27. The molecule has 8 nitrogen and oxygen atoms in total. The number of rotatable bonds is 5. The Hall–Kier alpha value is -3.60. The Kier molecular flexibility index (Phi) is 6.47. The first kappa shape index (κ1) is 23.6. The van der Waals surface area contributed by atoms with Crippen LogP contribution in [0, 0.1) is 35.4 Å². The quantitative estimate of drug-likeness (QED) is 0.606. The topological polar surface area (TPSA) is 110 Å². The predicted molar refractivity (Wildman–Crippen MR) is 125 cm³/mol. The molecule has 172 valence electrons. The number of carbonyl (C=O) groups is 2. The van der Waals surface area contributed by atoms with E-state index in [1.165, 1.54) is 42.2 Å². The van der Waals surface area contributed by atoms with Crippen LogP contribution < -0.4 is 9.64 Å². The third-order valence-corrected chi connectivity index (χ3v) is 7.33. The molecule has 0 aliphatic carbocycles. The Morgan fingerprint density at radius 3 is 2.74 bits per heavy atom. The number of benzene rings is 1. The molecule has 1 aromatic carbocycles. The second-order valence-electron chi connectivity index (χ2n) is 7.53. The molecule has 0 spiro atoms. The zero-order chi connectivity index (χ0) is 24.6. The van der Waals surface area contributed by atoms with Crippen molar-refractivity contribution in [3.8, 4) is 17.9 Å². The summed E-state index contributed by atoms with van der Waals surface area (Å²) in [6, 6.07) is 5.37. The SMILES string of the molecule is COc1cc(C2=CC3C(S2)C(=O)N(c2cncc(C#N)c2C)C(=O)N3CCC#N)c(Cl)cc1F. The van der Waals surface area contributed by atoms with Crippen molar-refractivity contribution < 1.29 is 18.7 Å². The van der Waals surface area contributed by atoms with Crippen LogP contribution >= 0.6 is 23.4 Å². The molecular formula is C23H17ClFN5O3S. The number of anilines is 1. The van der Waals surface area contributed by atoms with Crippen molar-refractivity contribution in [1.29, 1.82) is 10.5 Å². The van der Waals surface area contributed by atoms with Crippen LogP contribution in [0.1, 0.15) is 23.1 Å². The summed E-state index contributed by atoms with van der Waals surface area (Å²) < 4.78 is 19.1. The minimum Gasteiger partial charge on any atom is -0.494 e. The van der Waals surface area contributed by atoms with E-state index in [0.29, 0.717) is 16.0 Å². The summed E-state index contributed by atoms with van der Waals surface area (Å²) in [5.41, 5.74) is 1.37. The molecule has 1 aromatic heterocycles. The number of pyridine rings is 1. The number of methoxy groups -OCH3 is 1. The third kappa shape index (κ3) is 3.85. The number of thioether (sulfide) groups is 1. The second-order valence-corrected chi connectivity index (χ2v) is 9.12. The number of nitriles is 2. The van der Waals surface area contributed by atoms with E-state index in [-0.39, 0.29) is 35.0 Å². The molecule has 0 radical (unpaired) electrons. The van der Waals surface area contributed by atoms with Crippen LogP contribution in [-0.4, -0.2) is 46.8 Å². The summed E-state index contributed by atoms with van der Waals surface area (Å²) in [7, 11) is 1.33. The molecule has 2 aliphatic rings. The molecule has 3 amide bonds. The molecular weight excluding hydrogens is 481 g/mol. The molecule has 11 heteroatoms. The molecule has 0 saturated carbocycles. The molecule has 2 aliphatic heterocycles. The molecule has 2 atom stereocenters. The van der Waals surface area contributed by atoms with Crippen molar-refractivity contribution in [1.82, 2.24) is 9.88 Å². The zero-order valence-corrected chi connectivity index (χ0v) is 19.7. The highest BCUT2D eigenvalue weighted by molar-refractivity contribution is 8.09. The van der Waals surface area contributed by atoms with Gasteiger partial charge in [0, 0.05) is 23.2 Å². The van der Waals surface area contributed by atoms with Crippen molar-refractivity contribution in [3.63, 3.8) is 0 Å². The van der Waals surface area contributed by atoms with Gasteiger partial charge in [-0.15, -0.1) is 11.8 Å². The standard InChI is InChI=1S/C23H17ClFN5O3S/c1-12-13(9-27)10-28-11-18(12)30-22(31)21-17(29(23(30)32)5-3-4-26)8-20(34-21)14-6-19(33-2)16(25)7-15(14)24/h6-8,10-11,17,21H,3,5H2,1-2H3. The normalized spacial score (nSPS) is 19.4. The van der Waals surface area contributed by atoms with Crippen molar-refractivity contribution in [2.24, 2.45) is 0 Å². The van der Waals surface area contributed by atoms with Crippen LogP contribution in [0.4, 0.5) is 14.9 Å². The molecule has 2 unspecified atom stereocenters. The van der Waals surface area contributed by atoms with Gasteiger partial charge < -0.3 is 9.64 Å². The average molecular weight is 498 g/mol. The van der Waals surface area contributed by atoms with Crippen LogP contribution in [0.5, 0.6) is 5.75 Å². The summed E-state index contributed by atoms with van der Waals surface area (Å²) in [5.74, 6) is -1.11. The zero-order valence-electron chi connectivity index (χ0n) is 18.1. The Bertz CT molecular complexity index is 1320. The van der Waals surface area contributed by atoms with E-state index in [0.717, 1.165) is 11.0 Å². The molecule has 4 rings (SSSR count). The van der Waals surface area contributed by atoms with Crippen LogP contribution in [0.2, 0.25) is 5.02 Å². The fraction of sp³-hybridized carbons (Fsp3) is 0.261. The summed E-state index contributed by atoms with van der Waals surface area (Å²) in [4.78, 5) is 34.1. The van der Waals surface area contributed by atoms with Crippen LogP contribution in [0.3, 0.4) is 0 Å². The van der Waals surface area contributed by atoms with Crippen LogP contribution in [0.25, 0.3) is 4.91 Å². The number of nitrogens with zero attached hydrogens (tertiary/aromatic N) is 5. The summed E-state index contributed by atoms with van der Waals surface area (Å²) in [6.45, 7) is 1.73. The first-order chi connectivity index (χ1) is 16.3. The van der Waals surface area contributed by atoms with Crippen molar-refractivity contribution in [3.05, 3.63) is 58.1 Å². The van der Waals surface area contributed by atoms with Crippen molar-refractivity contribution in [2.75, 3.05) is 18.6 Å². The van der Waals surface area contributed by atoms with Gasteiger partial charge >= 0.3 is 6.03 Å². The fourth-order valence-electron chi connectivity index (χ4n) is 3.93. The molecule has 2 aromatic rings. The van der Waals surface area contributed by atoms with Gasteiger partial charge in [0.15, 0.2) is 11.6 Å². The maximum atomic E-state index is 14.1. The van der Waals surface area contributed by atoms with E-state index in [1.54, 1.807) is 13.0 Å². The number of halogens is 2. The molecule has 1 fully saturated rings. The highest BCUT2D eigenvalue weighted by Gasteiger charge is 2.50. The number of hydrogen-bond acceptors (Lipinski definition) is 7. The first-order valence-corrected chi connectivity index (χ1v) is 11.4. The minimum absolute atomic E-state index is 0.00356. The Labute approximate surface area is 204 Å². The van der Waals surface area contributed by atoms with Gasteiger partial charge in [-0.25, -0.2) is 14.1 Å². The number of carbonyl (C=O) groups excluding carboxylic acids is 2. The van der Waals surface area contributed by atoms with Crippen LogP contribution in [0.15, 0.2) is 30.6 Å². The lowest BCUT2D eigenvalue weighted by Crippen LogP contribution is -2.62. The van der Waals surface area contributed by atoms with E-state index in [2.05, 4.69) is 4.98 Å². The second kappa shape index (κ2) is 9.34. The van der Waals surface area contributed by atoms with Gasteiger partial charge in [0.25, 0.3) is 5.91 Å². The highest BCUT2D eigenvalue weighted by atomic mass is 35.5. The summed E-state index contributed by atoms with van der Waals surface area (Å²) >= 11 is 7.49. The summed E-state index contributed by atoms with van der Waals surface area (Å²) in [6.07, 6.45) is 4.52. The van der Waals surface area contributed by atoms with E-state index in [9.17, 15) is 19.2 Å². The van der Waals surface area contributed by atoms with Gasteiger partial charge in [0.1, 0.15) is 11.3 Å². The van der Waals surface area contributed by atoms with E-state index < -0.39 is 29.0 Å². The molecule has 34 heavy (non-hydrogen) atoms. The van der Waals surface area contributed by atoms with Gasteiger partial charge in [-0.3, -0.25) is 9.78 Å². The van der Waals surface area contributed by atoms with Gasteiger partial charge in [0.05, 0.1) is 48.1 Å². The van der Waals surface area contributed by atoms with Crippen LogP contribution in [-0.2, 0) is 4.79 Å². The minimum atomic E-state index is -0.733. The van der Waals surface area contributed by atoms with E-state index >= 15 is 0 Å². The van der Waals surface area contributed by atoms with Crippen molar-refractivity contribution in [2.45, 2.75) is 24.6 Å². The number of urea groups is 1. The van der Waals surface area contributed by atoms with E-state index in [1.807, 2.05) is 12.1 Å². The largest absolute Gasteiger partial charge is 0.494 e. The third-order valence-electron chi connectivity index (χ3n) is 5.67. The Morgan fingerprint density at radius 1 is 1.29 bits per heavy atom. The number of fused-ring (bicyclic) bond motifs is 1. The smallest absolute Gasteiger partial charge is 0.332 e. The average Bonchev–Trinajstić information content (AvgIpc) is 3.25.